The van der Waals surface area contributed by atoms with Gasteiger partial charge in [-0.15, -0.1) is 0 Å². The highest BCUT2D eigenvalue weighted by molar-refractivity contribution is 5.49. The summed E-state index contributed by atoms with van der Waals surface area (Å²) < 4.78 is 0. The first-order valence-electron chi connectivity index (χ1n) is 9.00. The van der Waals surface area contributed by atoms with Crippen LogP contribution in [-0.2, 0) is 0 Å². The maximum Gasteiger partial charge on any atom is 0.0369 e. The molecule has 2 aliphatic rings. The van der Waals surface area contributed by atoms with Crippen molar-refractivity contribution in [1.82, 2.24) is 10.2 Å². The minimum Gasteiger partial charge on any atom is -0.372 e. The normalized spacial score (nSPS) is 21.5. The maximum absolute atomic E-state index is 3.44. The van der Waals surface area contributed by atoms with Crippen molar-refractivity contribution in [2.24, 2.45) is 5.92 Å². The molecule has 3 nitrogen and oxygen atoms in total. The average Bonchev–Trinajstić information content (AvgIpc) is 2.56. The van der Waals surface area contributed by atoms with Crippen LogP contribution >= 0.6 is 0 Å². The monoisotopic (exact) mass is 301 g/mol. The van der Waals surface area contributed by atoms with Crippen LogP contribution in [0.3, 0.4) is 0 Å². The van der Waals surface area contributed by atoms with Crippen molar-refractivity contribution in [1.29, 1.82) is 0 Å². The molecule has 2 aliphatic heterocycles. The second-order valence-electron chi connectivity index (χ2n) is 7.23. The molecule has 0 bridgehead atoms. The van der Waals surface area contributed by atoms with Gasteiger partial charge in [-0.2, -0.15) is 0 Å². The smallest absolute Gasteiger partial charge is 0.0369 e. The Bertz CT molecular complexity index is 458. The molecule has 2 saturated heterocycles. The summed E-state index contributed by atoms with van der Waals surface area (Å²) in [5, 5.41) is 3.44. The number of nitrogens with zero attached hydrogens (tertiary/aromatic N) is 2. The molecule has 22 heavy (non-hydrogen) atoms. The van der Waals surface area contributed by atoms with Crippen molar-refractivity contribution in [2.75, 3.05) is 50.7 Å². The van der Waals surface area contributed by atoms with Crippen LogP contribution in [-0.4, -0.2) is 50.7 Å². The van der Waals surface area contributed by atoms with Gasteiger partial charge in [0, 0.05) is 51.5 Å². The molecule has 1 N–H and O–H groups in total. The van der Waals surface area contributed by atoms with Crippen LogP contribution in [0, 0.1) is 5.92 Å². The number of piperazine rings is 1. The lowest BCUT2D eigenvalue weighted by atomic mass is 9.95. The number of anilines is 1. The third-order valence-corrected chi connectivity index (χ3v) is 5.24. The molecular weight excluding hydrogens is 270 g/mol. The van der Waals surface area contributed by atoms with E-state index in [9.17, 15) is 0 Å². The van der Waals surface area contributed by atoms with Crippen LogP contribution in [0.5, 0.6) is 0 Å². The summed E-state index contributed by atoms with van der Waals surface area (Å²) in [6, 6.07) is 9.15. The summed E-state index contributed by atoms with van der Waals surface area (Å²) in [6.45, 7) is 13.1. The van der Waals surface area contributed by atoms with Crippen molar-refractivity contribution >= 4 is 5.69 Å². The van der Waals surface area contributed by atoms with E-state index in [0.717, 1.165) is 5.92 Å². The lowest BCUT2D eigenvalue weighted by Gasteiger charge is -2.37. The number of hydrogen-bond acceptors (Lipinski definition) is 3. The Morgan fingerprint density at radius 3 is 2.50 bits per heavy atom. The molecule has 0 spiro atoms. The van der Waals surface area contributed by atoms with Crippen LogP contribution in [0.15, 0.2) is 24.3 Å². The van der Waals surface area contributed by atoms with Crippen molar-refractivity contribution in [3.63, 3.8) is 0 Å². The highest BCUT2D eigenvalue weighted by Crippen LogP contribution is 2.26. The molecule has 0 saturated carbocycles. The lowest BCUT2D eigenvalue weighted by molar-refractivity contribution is 0.190. The van der Waals surface area contributed by atoms with Gasteiger partial charge in [0.05, 0.1) is 0 Å². The Morgan fingerprint density at radius 1 is 1.09 bits per heavy atom. The minimum atomic E-state index is 0.616. The van der Waals surface area contributed by atoms with Gasteiger partial charge in [-0.25, -0.2) is 0 Å². The Kier molecular flexibility index (Phi) is 5.37. The first-order chi connectivity index (χ1) is 10.7. The van der Waals surface area contributed by atoms with Gasteiger partial charge in [0.1, 0.15) is 0 Å². The summed E-state index contributed by atoms with van der Waals surface area (Å²) in [6.07, 6.45) is 2.69. The molecule has 0 unspecified atom stereocenters. The summed E-state index contributed by atoms with van der Waals surface area (Å²) in [5.41, 5.74) is 2.88. The Morgan fingerprint density at radius 2 is 1.82 bits per heavy atom. The van der Waals surface area contributed by atoms with Crippen LogP contribution < -0.4 is 10.2 Å². The fraction of sp³-hybridized carbons (Fsp3) is 0.684. The van der Waals surface area contributed by atoms with Gasteiger partial charge in [-0.1, -0.05) is 26.0 Å². The van der Waals surface area contributed by atoms with E-state index in [2.05, 4.69) is 53.2 Å². The van der Waals surface area contributed by atoms with E-state index in [4.69, 9.17) is 0 Å². The van der Waals surface area contributed by atoms with Crippen LogP contribution in [0.1, 0.15) is 38.2 Å². The Hall–Kier alpha value is -1.06. The SMILES string of the molecule is CC(C)c1cccc(N2CCC(CN3CCNCC3)CC2)c1. The standard InChI is InChI=1S/C19H31N3/c1-16(2)18-4-3-5-19(14-18)22-10-6-17(7-11-22)15-21-12-8-20-9-13-21/h3-5,14,16-17,20H,6-13,15H2,1-2H3. The predicted molar refractivity (Wildman–Crippen MR) is 94.8 cm³/mol. The predicted octanol–water partition coefficient (Wildman–Crippen LogP) is 2.93. The molecule has 3 heteroatoms. The molecule has 2 fully saturated rings. The average molecular weight is 301 g/mol. The molecule has 0 atom stereocenters. The number of nitrogens with one attached hydrogen (secondary N) is 1. The zero-order valence-corrected chi connectivity index (χ0v) is 14.2. The number of rotatable bonds is 4. The number of piperidine rings is 1. The van der Waals surface area contributed by atoms with Gasteiger partial charge >= 0.3 is 0 Å². The maximum atomic E-state index is 3.44. The molecule has 0 radical (unpaired) electrons. The first-order valence-corrected chi connectivity index (χ1v) is 9.00. The fourth-order valence-electron chi connectivity index (χ4n) is 3.71. The highest BCUT2D eigenvalue weighted by Gasteiger charge is 2.22. The summed E-state index contributed by atoms with van der Waals surface area (Å²) >= 11 is 0. The number of hydrogen-bond donors (Lipinski definition) is 1. The highest BCUT2D eigenvalue weighted by atomic mass is 15.2. The molecule has 2 heterocycles. The third kappa shape index (κ3) is 4.02. The van der Waals surface area contributed by atoms with Crippen LogP contribution in [0.4, 0.5) is 5.69 Å². The van der Waals surface area contributed by atoms with Gasteiger partial charge in [-0.05, 0) is 42.4 Å². The molecule has 0 aliphatic carbocycles. The largest absolute Gasteiger partial charge is 0.372 e. The van der Waals surface area contributed by atoms with E-state index < -0.39 is 0 Å². The molecule has 0 amide bonds. The van der Waals surface area contributed by atoms with Crippen molar-refractivity contribution in [3.05, 3.63) is 29.8 Å². The van der Waals surface area contributed by atoms with Crippen LogP contribution in [0.2, 0.25) is 0 Å². The van der Waals surface area contributed by atoms with E-state index in [-0.39, 0.29) is 0 Å². The third-order valence-electron chi connectivity index (χ3n) is 5.24. The molecule has 0 aromatic heterocycles. The topological polar surface area (TPSA) is 18.5 Å². The summed E-state index contributed by atoms with van der Waals surface area (Å²) in [4.78, 5) is 5.23. The van der Waals surface area contributed by atoms with Crippen molar-refractivity contribution in [2.45, 2.75) is 32.6 Å². The van der Waals surface area contributed by atoms with E-state index in [1.807, 2.05) is 0 Å². The molecule has 122 valence electrons. The molecule has 1 aromatic carbocycles. The molecule has 3 rings (SSSR count). The second-order valence-corrected chi connectivity index (χ2v) is 7.23. The summed E-state index contributed by atoms with van der Waals surface area (Å²) in [7, 11) is 0. The van der Waals surface area contributed by atoms with E-state index in [1.165, 1.54) is 69.9 Å². The van der Waals surface area contributed by atoms with Gasteiger partial charge in [0.2, 0.25) is 0 Å². The molecular formula is C19H31N3. The zero-order chi connectivity index (χ0) is 15.4. The Labute approximate surface area is 135 Å². The quantitative estimate of drug-likeness (QED) is 0.922. The van der Waals surface area contributed by atoms with Gasteiger partial charge < -0.3 is 15.1 Å². The fourth-order valence-corrected chi connectivity index (χ4v) is 3.71. The number of benzene rings is 1. The Balaban J connectivity index is 1.51. The molecule has 1 aromatic rings. The van der Waals surface area contributed by atoms with Gasteiger partial charge in [-0.3, -0.25) is 0 Å². The minimum absolute atomic E-state index is 0.616. The van der Waals surface area contributed by atoms with E-state index >= 15 is 0 Å². The van der Waals surface area contributed by atoms with Crippen molar-refractivity contribution in [3.8, 4) is 0 Å². The zero-order valence-electron chi connectivity index (χ0n) is 14.2. The van der Waals surface area contributed by atoms with Crippen LogP contribution in [0.25, 0.3) is 0 Å². The van der Waals surface area contributed by atoms with Crippen molar-refractivity contribution < 1.29 is 0 Å². The summed E-state index contributed by atoms with van der Waals surface area (Å²) in [5.74, 6) is 1.51. The lowest BCUT2D eigenvalue weighted by Crippen LogP contribution is -2.46. The van der Waals surface area contributed by atoms with E-state index in [1.54, 1.807) is 0 Å². The van der Waals surface area contributed by atoms with E-state index in [0.29, 0.717) is 5.92 Å². The van der Waals surface area contributed by atoms with Gasteiger partial charge in [0.25, 0.3) is 0 Å². The van der Waals surface area contributed by atoms with Gasteiger partial charge in [0.15, 0.2) is 0 Å². The first kappa shape index (κ1) is 15.8. The second kappa shape index (κ2) is 7.47.